The predicted molar refractivity (Wildman–Crippen MR) is 94.8 cm³/mol. The van der Waals surface area contributed by atoms with Gasteiger partial charge in [-0.05, 0) is 30.2 Å². The Bertz CT molecular complexity index is 1100. The molecule has 1 aliphatic carbocycles. The third-order valence-electron chi connectivity index (χ3n) is 5.05. The van der Waals surface area contributed by atoms with E-state index < -0.39 is 23.3 Å². The largest absolute Gasteiger partial charge is 0.478 e. The van der Waals surface area contributed by atoms with Gasteiger partial charge in [-0.25, -0.2) is 4.79 Å². The second-order valence-electron chi connectivity index (χ2n) is 6.59. The van der Waals surface area contributed by atoms with Gasteiger partial charge in [0.25, 0.3) is 0 Å². The topological polar surface area (TPSA) is 75.4 Å². The zero-order valence-electron chi connectivity index (χ0n) is 14.7. The minimum absolute atomic E-state index is 0.0607. The third-order valence-corrected chi connectivity index (χ3v) is 5.05. The zero-order chi connectivity index (χ0) is 20.3. The number of halogens is 3. The molecule has 0 saturated heterocycles. The molecule has 3 aromatic rings. The molecule has 8 heteroatoms. The smallest absolute Gasteiger partial charge is 0.425 e. The quantitative estimate of drug-likeness (QED) is 0.710. The number of hydrogen-bond acceptors (Lipinski definition) is 3. The van der Waals surface area contributed by atoms with Gasteiger partial charge in [0.15, 0.2) is 0 Å². The number of alkyl halides is 3. The van der Waals surface area contributed by atoms with Gasteiger partial charge in [-0.3, -0.25) is 4.68 Å². The molecule has 2 N–H and O–H groups in total. The molecule has 1 aliphatic rings. The Balaban J connectivity index is 2.08. The van der Waals surface area contributed by atoms with Gasteiger partial charge in [0, 0.05) is 35.0 Å². The SMILES string of the molecule is CCn1cc(-c2cc(C(=O)O)c3c(c2)C(O)(C(F)(F)F)c2ccccc2-3)cn1. The summed E-state index contributed by atoms with van der Waals surface area (Å²) in [5, 5.41) is 24.6. The molecule has 1 atom stereocenters. The maximum Gasteiger partial charge on any atom is 0.425 e. The average molecular weight is 388 g/mol. The first-order valence-corrected chi connectivity index (χ1v) is 8.52. The molecule has 1 unspecified atom stereocenters. The Hall–Kier alpha value is -3.13. The summed E-state index contributed by atoms with van der Waals surface area (Å²) in [5.74, 6) is -1.37. The van der Waals surface area contributed by atoms with Crippen molar-refractivity contribution in [2.45, 2.75) is 25.2 Å². The van der Waals surface area contributed by atoms with Crippen molar-refractivity contribution in [3.05, 3.63) is 65.5 Å². The number of benzene rings is 2. The molecule has 0 aliphatic heterocycles. The Kier molecular flexibility index (Phi) is 3.87. The normalized spacial score (nSPS) is 18.0. The lowest BCUT2D eigenvalue weighted by molar-refractivity contribution is -0.246. The fraction of sp³-hybridized carbons (Fsp3) is 0.200. The van der Waals surface area contributed by atoms with Crippen molar-refractivity contribution >= 4 is 5.97 Å². The number of aliphatic hydroxyl groups is 1. The molecule has 1 heterocycles. The van der Waals surface area contributed by atoms with E-state index in [4.69, 9.17) is 0 Å². The maximum atomic E-state index is 14.0. The van der Waals surface area contributed by atoms with E-state index in [9.17, 15) is 28.2 Å². The lowest BCUT2D eigenvalue weighted by Gasteiger charge is -2.28. The number of carbonyl (C=O) groups is 1. The van der Waals surface area contributed by atoms with Gasteiger partial charge in [0.2, 0.25) is 5.60 Å². The molecule has 28 heavy (non-hydrogen) atoms. The monoisotopic (exact) mass is 388 g/mol. The molecular formula is C20H15F3N2O3. The first kappa shape index (κ1) is 18.2. The lowest BCUT2D eigenvalue weighted by atomic mass is 9.88. The number of aromatic nitrogens is 2. The molecule has 1 aromatic heterocycles. The fourth-order valence-corrected chi connectivity index (χ4v) is 3.71. The van der Waals surface area contributed by atoms with Crippen LogP contribution >= 0.6 is 0 Å². The van der Waals surface area contributed by atoms with Crippen LogP contribution in [-0.4, -0.2) is 32.1 Å². The highest BCUT2D eigenvalue weighted by atomic mass is 19.4. The fourth-order valence-electron chi connectivity index (χ4n) is 3.71. The van der Waals surface area contributed by atoms with Crippen molar-refractivity contribution in [2.75, 3.05) is 0 Å². The first-order valence-electron chi connectivity index (χ1n) is 8.52. The highest BCUT2D eigenvalue weighted by Gasteiger charge is 2.61. The number of aromatic carboxylic acids is 1. The number of nitrogens with zero attached hydrogens (tertiary/aromatic N) is 2. The van der Waals surface area contributed by atoms with Crippen LogP contribution in [0.1, 0.15) is 28.4 Å². The molecule has 2 aromatic carbocycles. The molecule has 0 saturated carbocycles. The van der Waals surface area contributed by atoms with Gasteiger partial charge in [-0.1, -0.05) is 24.3 Å². The highest BCUT2D eigenvalue weighted by Crippen LogP contribution is 2.56. The minimum atomic E-state index is -5.03. The summed E-state index contributed by atoms with van der Waals surface area (Å²) in [5.41, 5.74) is -3.80. The number of carboxylic acids is 1. The van der Waals surface area contributed by atoms with E-state index in [-0.39, 0.29) is 27.8 Å². The Morgan fingerprint density at radius 2 is 1.89 bits per heavy atom. The molecule has 144 valence electrons. The molecule has 0 bridgehead atoms. The van der Waals surface area contributed by atoms with E-state index in [0.29, 0.717) is 12.1 Å². The number of fused-ring (bicyclic) bond motifs is 3. The maximum absolute atomic E-state index is 14.0. The summed E-state index contributed by atoms with van der Waals surface area (Å²) < 4.78 is 43.6. The highest BCUT2D eigenvalue weighted by molar-refractivity contribution is 6.01. The van der Waals surface area contributed by atoms with Crippen LogP contribution in [0.4, 0.5) is 13.2 Å². The predicted octanol–water partition coefficient (Wildman–Crippen LogP) is 4.05. The second-order valence-corrected chi connectivity index (χ2v) is 6.59. The summed E-state index contributed by atoms with van der Waals surface area (Å²) in [4.78, 5) is 11.9. The Labute approximate surface area is 157 Å². The molecule has 5 nitrogen and oxygen atoms in total. The van der Waals surface area contributed by atoms with Gasteiger partial charge >= 0.3 is 12.1 Å². The van der Waals surface area contributed by atoms with Gasteiger partial charge in [0.05, 0.1) is 11.8 Å². The zero-order valence-corrected chi connectivity index (χ0v) is 14.7. The van der Waals surface area contributed by atoms with Crippen molar-refractivity contribution < 1.29 is 28.2 Å². The van der Waals surface area contributed by atoms with Crippen LogP contribution < -0.4 is 0 Å². The second kappa shape index (κ2) is 5.93. The standard InChI is InChI=1S/C20H15F3N2O3/c1-2-25-10-12(9-24-25)11-7-14(18(26)27)17-13-5-3-4-6-15(13)19(28,16(17)8-11)20(21,22)23/h3-10,28H,2H2,1H3,(H,26,27). The molecular weight excluding hydrogens is 373 g/mol. The van der Waals surface area contributed by atoms with Crippen LogP contribution in [-0.2, 0) is 12.1 Å². The van der Waals surface area contributed by atoms with Crippen molar-refractivity contribution in [3.8, 4) is 22.3 Å². The first-order chi connectivity index (χ1) is 13.2. The minimum Gasteiger partial charge on any atom is -0.478 e. The molecule has 0 fully saturated rings. The van der Waals surface area contributed by atoms with E-state index >= 15 is 0 Å². The van der Waals surface area contributed by atoms with Crippen LogP contribution in [0.15, 0.2) is 48.8 Å². The summed E-state index contributed by atoms with van der Waals surface area (Å²) in [6.07, 6.45) is -1.97. The van der Waals surface area contributed by atoms with Crippen molar-refractivity contribution in [2.24, 2.45) is 0 Å². The van der Waals surface area contributed by atoms with Crippen LogP contribution in [0.2, 0.25) is 0 Å². The van der Waals surface area contributed by atoms with Gasteiger partial charge in [-0.15, -0.1) is 0 Å². The summed E-state index contributed by atoms with van der Waals surface area (Å²) in [7, 11) is 0. The Morgan fingerprint density at radius 1 is 1.18 bits per heavy atom. The van der Waals surface area contributed by atoms with Crippen LogP contribution in [0.25, 0.3) is 22.3 Å². The average Bonchev–Trinajstić information content (AvgIpc) is 3.23. The Morgan fingerprint density at radius 3 is 2.50 bits per heavy atom. The van der Waals surface area contributed by atoms with E-state index in [1.54, 1.807) is 10.9 Å². The molecule has 0 amide bonds. The van der Waals surface area contributed by atoms with E-state index in [2.05, 4.69) is 5.10 Å². The van der Waals surface area contributed by atoms with E-state index in [1.165, 1.54) is 42.6 Å². The molecule has 4 rings (SSSR count). The van der Waals surface area contributed by atoms with Crippen molar-refractivity contribution in [3.63, 3.8) is 0 Å². The number of hydrogen-bond donors (Lipinski definition) is 2. The van der Waals surface area contributed by atoms with E-state index in [0.717, 1.165) is 0 Å². The van der Waals surface area contributed by atoms with Gasteiger partial charge in [0.1, 0.15) is 0 Å². The van der Waals surface area contributed by atoms with Crippen LogP contribution in [0.3, 0.4) is 0 Å². The van der Waals surface area contributed by atoms with E-state index in [1.807, 2.05) is 6.92 Å². The lowest BCUT2D eigenvalue weighted by Crippen LogP contribution is -2.41. The number of rotatable bonds is 3. The van der Waals surface area contributed by atoms with Crippen molar-refractivity contribution in [1.82, 2.24) is 9.78 Å². The van der Waals surface area contributed by atoms with Crippen LogP contribution in [0.5, 0.6) is 0 Å². The summed E-state index contributed by atoms with van der Waals surface area (Å²) in [6, 6.07) is 7.97. The van der Waals surface area contributed by atoms with Crippen molar-refractivity contribution in [1.29, 1.82) is 0 Å². The third kappa shape index (κ3) is 2.37. The molecule has 0 radical (unpaired) electrons. The summed E-state index contributed by atoms with van der Waals surface area (Å²) in [6.45, 7) is 2.40. The van der Waals surface area contributed by atoms with Crippen LogP contribution in [0, 0.1) is 0 Å². The van der Waals surface area contributed by atoms with Gasteiger partial charge < -0.3 is 10.2 Å². The van der Waals surface area contributed by atoms with Gasteiger partial charge in [-0.2, -0.15) is 18.3 Å². The molecule has 0 spiro atoms. The number of carboxylic acid groups (broad SMARTS) is 1. The summed E-state index contributed by atoms with van der Waals surface area (Å²) >= 11 is 0. The number of aryl methyl sites for hydroxylation is 1.